The number of aliphatic imine (C=N–C) groups is 1. The second kappa shape index (κ2) is 16.2. The van der Waals surface area contributed by atoms with Gasteiger partial charge in [0.25, 0.3) is 0 Å². The molecule has 3 aliphatic heterocycles. The van der Waals surface area contributed by atoms with Crippen molar-refractivity contribution in [3.63, 3.8) is 0 Å². The average molecular weight is 820 g/mol. The van der Waals surface area contributed by atoms with E-state index >= 15 is 0 Å². The highest BCUT2D eigenvalue weighted by atomic mass is 15.4. The summed E-state index contributed by atoms with van der Waals surface area (Å²) in [5.74, 6) is 1.96. The van der Waals surface area contributed by atoms with Crippen LogP contribution in [-0.4, -0.2) is 35.3 Å². The van der Waals surface area contributed by atoms with Crippen LogP contribution in [0.1, 0.15) is 78.2 Å². The van der Waals surface area contributed by atoms with Crippen LogP contribution in [0.15, 0.2) is 216 Å². The Balaban J connectivity index is 0.810. The fourth-order valence-corrected chi connectivity index (χ4v) is 11.3. The Morgan fingerprint density at radius 1 is 0.603 bits per heavy atom. The maximum Gasteiger partial charge on any atom is 0.131 e. The van der Waals surface area contributed by atoms with Crippen LogP contribution >= 0.6 is 0 Å². The Hall–Kier alpha value is -6.69. The van der Waals surface area contributed by atoms with Gasteiger partial charge in [-0.1, -0.05) is 164 Å². The molecule has 0 bridgehead atoms. The van der Waals surface area contributed by atoms with E-state index in [9.17, 15) is 0 Å². The fourth-order valence-electron chi connectivity index (χ4n) is 11.3. The molecule has 1 fully saturated rings. The Morgan fingerprint density at radius 2 is 1.38 bits per heavy atom. The van der Waals surface area contributed by atoms with Gasteiger partial charge in [0.1, 0.15) is 24.3 Å². The van der Waals surface area contributed by atoms with Gasteiger partial charge in [0, 0.05) is 34.7 Å². The number of benzene rings is 4. The molecule has 63 heavy (non-hydrogen) atoms. The molecular formula is C58H53N5. The van der Waals surface area contributed by atoms with Gasteiger partial charge >= 0.3 is 0 Å². The normalized spacial score (nSPS) is 27.7. The SMILES string of the molecule is C1=CCC2C(=C1)N1C(C3C=CC(c4cccc(-c5cccc(C6=NC(C7=CCCC=C7)NC(C7=CCCC=C7c7ccccc7)N6)c5)c4)=CC3)NC3=CC=CC(c4ccccc42)C31. The maximum atomic E-state index is 5.35. The highest BCUT2D eigenvalue weighted by molar-refractivity contribution is 6.01. The Labute approximate surface area is 371 Å². The van der Waals surface area contributed by atoms with Crippen LogP contribution in [0, 0.1) is 5.92 Å². The quantitative estimate of drug-likeness (QED) is 0.174. The van der Waals surface area contributed by atoms with Crippen molar-refractivity contribution in [2.24, 2.45) is 10.9 Å². The molecule has 0 saturated carbocycles. The third kappa shape index (κ3) is 6.96. The molecule has 5 nitrogen and oxygen atoms in total. The molecule has 310 valence electrons. The van der Waals surface area contributed by atoms with Gasteiger partial charge in [0.05, 0.1) is 6.04 Å². The molecule has 3 N–H and O–H groups in total. The molecule has 12 rings (SSSR count). The molecule has 0 radical (unpaired) electrons. The number of allylic oxidation sites excluding steroid dienone is 13. The van der Waals surface area contributed by atoms with E-state index in [1.54, 1.807) is 0 Å². The summed E-state index contributed by atoms with van der Waals surface area (Å²) in [5, 5.41) is 11.8. The number of amidine groups is 1. The summed E-state index contributed by atoms with van der Waals surface area (Å²) in [7, 11) is 0. The van der Waals surface area contributed by atoms with Crippen LogP contribution in [-0.2, 0) is 0 Å². The molecule has 8 aliphatic rings. The summed E-state index contributed by atoms with van der Waals surface area (Å²) in [6.07, 6.45) is 39.2. The number of nitrogens with one attached hydrogen (secondary N) is 3. The Kier molecular flexibility index (Phi) is 9.79. The monoisotopic (exact) mass is 819 g/mol. The minimum absolute atomic E-state index is 0.0852. The fraction of sp³-hybridized carbons (Fsp3) is 0.224. The highest BCUT2D eigenvalue weighted by Crippen LogP contribution is 2.51. The van der Waals surface area contributed by atoms with Crippen molar-refractivity contribution in [1.82, 2.24) is 20.9 Å². The first-order chi connectivity index (χ1) is 31.2. The molecule has 7 unspecified atom stereocenters. The second-order valence-corrected chi connectivity index (χ2v) is 18.0. The molecule has 5 heteroatoms. The van der Waals surface area contributed by atoms with E-state index in [4.69, 9.17) is 4.99 Å². The first-order valence-electron chi connectivity index (χ1n) is 23.1. The lowest BCUT2D eigenvalue weighted by molar-refractivity contribution is 0.189. The van der Waals surface area contributed by atoms with Crippen molar-refractivity contribution in [3.8, 4) is 11.1 Å². The molecular weight excluding hydrogens is 767 g/mol. The smallest absolute Gasteiger partial charge is 0.131 e. The van der Waals surface area contributed by atoms with Gasteiger partial charge in [0.15, 0.2) is 0 Å². The first kappa shape index (κ1) is 38.0. The topological polar surface area (TPSA) is 51.7 Å². The third-order valence-corrected chi connectivity index (χ3v) is 14.3. The minimum atomic E-state index is -0.143. The summed E-state index contributed by atoms with van der Waals surface area (Å²) in [5.41, 5.74) is 16.8. The number of hydrogen-bond acceptors (Lipinski definition) is 5. The lowest BCUT2D eigenvalue weighted by Crippen LogP contribution is -2.55. The van der Waals surface area contributed by atoms with E-state index in [-0.39, 0.29) is 24.5 Å². The zero-order valence-electron chi connectivity index (χ0n) is 35.6. The van der Waals surface area contributed by atoms with Crippen LogP contribution in [0.25, 0.3) is 22.3 Å². The van der Waals surface area contributed by atoms with E-state index in [0.717, 1.165) is 49.9 Å². The summed E-state index contributed by atoms with van der Waals surface area (Å²) in [6.45, 7) is 0. The van der Waals surface area contributed by atoms with Crippen LogP contribution in [0.3, 0.4) is 0 Å². The predicted octanol–water partition coefficient (Wildman–Crippen LogP) is 11.8. The number of hydrogen-bond donors (Lipinski definition) is 3. The van der Waals surface area contributed by atoms with Crippen molar-refractivity contribution in [1.29, 1.82) is 0 Å². The van der Waals surface area contributed by atoms with Crippen molar-refractivity contribution in [3.05, 3.63) is 239 Å². The molecule has 4 aromatic carbocycles. The van der Waals surface area contributed by atoms with Gasteiger partial charge in [-0.15, -0.1) is 0 Å². The number of rotatable bonds is 7. The van der Waals surface area contributed by atoms with E-state index in [2.05, 4.69) is 209 Å². The highest BCUT2D eigenvalue weighted by Gasteiger charge is 2.49. The number of nitrogens with zero attached hydrogens (tertiary/aromatic N) is 2. The van der Waals surface area contributed by atoms with Gasteiger partial charge in [-0.3, -0.25) is 5.32 Å². The van der Waals surface area contributed by atoms with Gasteiger partial charge in [-0.25, -0.2) is 4.99 Å². The van der Waals surface area contributed by atoms with Gasteiger partial charge < -0.3 is 15.5 Å². The van der Waals surface area contributed by atoms with Crippen molar-refractivity contribution in [2.45, 2.75) is 74.9 Å². The lowest BCUT2D eigenvalue weighted by Gasteiger charge is -2.39. The van der Waals surface area contributed by atoms with Crippen molar-refractivity contribution < 1.29 is 0 Å². The molecule has 7 atom stereocenters. The van der Waals surface area contributed by atoms with E-state index in [0.29, 0.717) is 17.8 Å². The summed E-state index contributed by atoms with van der Waals surface area (Å²) in [4.78, 5) is 8.11. The third-order valence-electron chi connectivity index (χ3n) is 14.3. The lowest BCUT2D eigenvalue weighted by atomic mass is 9.81. The van der Waals surface area contributed by atoms with Crippen LogP contribution in [0.5, 0.6) is 0 Å². The van der Waals surface area contributed by atoms with Gasteiger partial charge in [-0.2, -0.15) is 0 Å². The van der Waals surface area contributed by atoms with Crippen molar-refractivity contribution >= 4 is 17.0 Å². The first-order valence-corrected chi connectivity index (χ1v) is 23.1. The summed E-state index contributed by atoms with van der Waals surface area (Å²) in [6, 6.07) is 38.3. The number of fused-ring (bicyclic) bond motifs is 5. The van der Waals surface area contributed by atoms with Crippen LogP contribution in [0.4, 0.5) is 0 Å². The summed E-state index contributed by atoms with van der Waals surface area (Å²) >= 11 is 0. The summed E-state index contributed by atoms with van der Waals surface area (Å²) < 4.78 is 0. The molecule has 3 heterocycles. The standard InChI is InChI=1S/C58H53N5/c1-3-16-39(17-4-1)46-24-7-10-28-51(46)57-61-55(40-18-5-2-6-19-40)60-56(62-57)45-23-14-22-44(37-45)43-21-13-20-42(36-43)38-32-34-41(35-33-38)58-59-52-30-15-29-50-48-26-9-8-25-47(48)49-27-11-12-31-53(49)63(58)54(50)52/h1,3-5,8-9,11-26,28-34,36-37,41,49-50,54-55,57-59,61H,2,6-7,10,27,35H2,(H,60,62). The van der Waals surface area contributed by atoms with Crippen LogP contribution < -0.4 is 16.0 Å². The molecule has 4 aromatic rings. The maximum absolute atomic E-state index is 5.35. The molecule has 5 aliphatic carbocycles. The Morgan fingerprint density at radius 3 is 2.22 bits per heavy atom. The van der Waals surface area contributed by atoms with E-state index in [1.165, 1.54) is 67.1 Å². The average Bonchev–Trinajstić information content (AvgIpc) is 3.71. The van der Waals surface area contributed by atoms with Gasteiger partial charge in [-0.05, 0) is 118 Å². The van der Waals surface area contributed by atoms with Crippen LogP contribution in [0.2, 0.25) is 0 Å². The molecule has 0 spiro atoms. The van der Waals surface area contributed by atoms with E-state index < -0.39 is 0 Å². The van der Waals surface area contributed by atoms with Crippen molar-refractivity contribution in [2.75, 3.05) is 0 Å². The zero-order valence-corrected chi connectivity index (χ0v) is 35.6. The molecule has 1 saturated heterocycles. The van der Waals surface area contributed by atoms with E-state index in [1.807, 2.05) is 0 Å². The van der Waals surface area contributed by atoms with Gasteiger partial charge in [0.2, 0.25) is 0 Å². The largest absolute Gasteiger partial charge is 0.366 e. The molecule has 0 aromatic heterocycles. The zero-order chi connectivity index (χ0) is 41.7. The second-order valence-electron chi connectivity index (χ2n) is 18.0. The Bertz CT molecular complexity index is 2820. The predicted molar refractivity (Wildman–Crippen MR) is 259 cm³/mol. The minimum Gasteiger partial charge on any atom is -0.366 e. The molecule has 0 amide bonds.